The van der Waals surface area contributed by atoms with Crippen LogP contribution in [0.25, 0.3) is 0 Å². The summed E-state index contributed by atoms with van der Waals surface area (Å²) in [6.07, 6.45) is 0. The van der Waals surface area contributed by atoms with Crippen LogP contribution in [0.1, 0.15) is 12.5 Å². The van der Waals surface area contributed by atoms with Crippen LogP contribution in [0.3, 0.4) is 0 Å². The first-order chi connectivity index (χ1) is 8.24. The molecule has 0 spiro atoms. The van der Waals surface area contributed by atoms with E-state index in [-0.39, 0.29) is 12.2 Å². The largest absolute Gasteiger partial charge is 0.479 e. The summed E-state index contributed by atoms with van der Waals surface area (Å²) in [6, 6.07) is 4.31. The lowest BCUT2D eigenvalue weighted by atomic mass is 10.1. The molecule has 0 heterocycles. The number of rotatable bonds is 5. The van der Waals surface area contributed by atoms with Gasteiger partial charge in [-0.25, -0.2) is 4.79 Å². The van der Waals surface area contributed by atoms with Crippen molar-refractivity contribution >= 4 is 17.3 Å². The number of hydrogen-bond acceptors (Lipinski definition) is 5. The fourth-order valence-electron chi connectivity index (χ4n) is 1.32. The monoisotopic (exact) mass is 254 g/mol. The van der Waals surface area contributed by atoms with E-state index in [0.717, 1.165) is 0 Å². The number of nitrogens with zero attached hydrogens (tertiary/aromatic N) is 1. The molecule has 1 aromatic rings. The molecular formula is C11H14N2O5. The number of anilines is 1. The summed E-state index contributed by atoms with van der Waals surface area (Å²) in [5, 5.41) is 31.5. The third-order valence-corrected chi connectivity index (χ3v) is 2.49. The molecule has 0 bridgehead atoms. The average molecular weight is 254 g/mol. The Kier molecular flexibility index (Phi) is 3.87. The van der Waals surface area contributed by atoms with Gasteiger partial charge in [0.05, 0.1) is 11.5 Å². The van der Waals surface area contributed by atoms with Gasteiger partial charge < -0.3 is 15.5 Å². The predicted octanol–water partition coefficient (Wildman–Crippen LogP) is 1.15. The normalized spacial score (nSPS) is 13.7. The summed E-state index contributed by atoms with van der Waals surface area (Å²) in [7, 11) is 0. The van der Waals surface area contributed by atoms with Crippen LogP contribution in [0, 0.1) is 17.0 Å². The molecule has 7 nitrogen and oxygen atoms in total. The van der Waals surface area contributed by atoms with E-state index < -0.39 is 16.5 Å². The van der Waals surface area contributed by atoms with E-state index in [0.29, 0.717) is 11.3 Å². The van der Waals surface area contributed by atoms with Gasteiger partial charge in [-0.1, -0.05) is 0 Å². The number of aliphatic hydroxyl groups is 1. The van der Waals surface area contributed by atoms with Crippen molar-refractivity contribution in [3.63, 3.8) is 0 Å². The van der Waals surface area contributed by atoms with Gasteiger partial charge in [0.2, 0.25) is 0 Å². The SMILES string of the molecule is Cc1cc(NCC(C)(O)C(=O)O)ccc1[N+](=O)[O-]. The van der Waals surface area contributed by atoms with Gasteiger partial charge >= 0.3 is 5.97 Å². The highest BCUT2D eigenvalue weighted by Gasteiger charge is 2.29. The minimum absolute atomic E-state index is 0.00875. The van der Waals surface area contributed by atoms with Crippen LogP contribution in [0.4, 0.5) is 11.4 Å². The number of nitro benzene ring substituents is 1. The number of carboxylic acids is 1. The summed E-state index contributed by atoms with van der Waals surface area (Å²) in [6.45, 7) is 2.55. The van der Waals surface area contributed by atoms with Gasteiger partial charge in [0.15, 0.2) is 5.60 Å². The van der Waals surface area contributed by atoms with Crippen LogP contribution in [0.2, 0.25) is 0 Å². The van der Waals surface area contributed by atoms with E-state index in [1.54, 1.807) is 6.92 Å². The lowest BCUT2D eigenvalue weighted by Crippen LogP contribution is -2.41. The van der Waals surface area contributed by atoms with E-state index in [1.807, 2.05) is 0 Å². The van der Waals surface area contributed by atoms with E-state index >= 15 is 0 Å². The Bertz CT molecular complexity index is 484. The Morgan fingerprint density at radius 1 is 1.56 bits per heavy atom. The van der Waals surface area contributed by atoms with Crippen molar-refractivity contribution in [1.82, 2.24) is 0 Å². The smallest absolute Gasteiger partial charge is 0.337 e. The molecule has 98 valence electrons. The molecule has 18 heavy (non-hydrogen) atoms. The van der Waals surface area contributed by atoms with Crippen molar-refractivity contribution in [1.29, 1.82) is 0 Å². The Labute approximate surface area is 103 Å². The minimum Gasteiger partial charge on any atom is -0.479 e. The molecule has 0 aliphatic rings. The van der Waals surface area contributed by atoms with Crippen molar-refractivity contribution in [2.24, 2.45) is 0 Å². The second kappa shape index (κ2) is 5.01. The first-order valence-corrected chi connectivity index (χ1v) is 5.19. The third-order valence-electron chi connectivity index (χ3n) is 2.49. The molecule has 3 N–H and O–H groups in total. The van der Waals surface area contributed by atoms with E-state index in [1.165, 1.54) is 25.1 Å². The zero-order valence-electron chi connectivity index (χ0n) is 10.0. The maximum Gasteiger partial charge on any atom is 0.337 e. The standard InChI is InChI=1S/C11H14N2O5/c1-7-5-8(3-4-9(7)13(17)18)12-6-11(2,16)10(14)15/h3-5,12,16H,6H2,1-2H3,(H,14,15). The molecular weight excluding hydrogens is 240 g/mol. The van der Waals surface area contributed by atoms with Crippen molar-refractivity contribution in [2.75, 3.05) is 11.9 Å². The average Bonchev–Trinajstić information content (AvgIpc) is 2.25. The number of nitro groups is 1. The number of carbonyl (C=O) groups is 1. The third kappa shape index (κ3) is 3.17. The van der Waals surface area contributed by atoms with E-state index in [9.17, 15) is 20.0 Å². The van der Waals surface area contributed by atoms with Crippen LogP contribution in [0.15, 0.2) is 18.2 Å². The lowest BCUT2D eigenvalue weighted by Gasteiger charge is -2.19. The molecule has 1 aromatic carbocycles. The van der Waals surface area contributed by atoms with Crippen molar-refractivity contribution in [3.8, 4) is 0 Å². The first-order valence-electron chi connectivity index (χ1n) is 5.19. The zero-order chi connectivity index (χ0) is 13.9. The van der Waals surface area contributed by atoms with Crippen LogP contribution >= 0.6 is 0 Å². The van der Waals surface area contributed by atoms with Crippen molar-refractivity contribution < 1.29 is 19.9 Å². The van der Waals surface area contributed by atoms with Gasteiger partial charge in [0, 0.05) is 17.3 Å². The van der Waals surface area contributed by atoms with Crippen LogP contribution in [-0.4, -0.2) is 33.3 Å². The molecule has 1 unspecified atom stereocenters. The maximum absolute atomic E-state index is 10.7. The van der Waals surface area contributed by atoms with Gasteiger partial charge in [0.1, 0.15) is 0 Å². The topological polar surface area (TPSA) is 113 Å². The highest BCUT2D eigenvalue weighted by molar-refractivity contribution is 5.77. The number of carboxylic acid groups (broad SMARTS) is 1. The molecule has 1 rings (SSSR count). The summed E-state index contributed by atoms with van der Waals surface area (Å²) in [5.41, 5.74) is -0.930. The fourth-order valence-corrected chi connectivity index (χ4v) is 1.32. The maximum atomic E-state index is 10.7. The fraction of sp³-hybridized carbons (Fsp3) is 0.364. The summed E-state index contributed by atoms with van der Waals surface area (Å²) < 4.78 is 0. The van der Waals surface area contributed by atoms with Crippen LogP contribution in [-0.2, 0) is 4.79 Å². The Morgan fingerprint density at radius 3 is 2.61 bits per heavy atom. The number of aryl methyl sites for hydroxylation is 1. The molecule has 0 aliphatic carbocycles. The van der Waals surface area contributed by atoms with Gasteiger partial charge in [0.25, 0.3) is 5.69 Å². The molecule has 0 fully saturated rings. The number of nitrogens with one attached hydrogen (secondary N) is 1. The highest BCUT2D eigenvalue weighted by atomic mass is 16.6. The first kappa shape index (κ1) is 13.9. The minimum atomic E-state index is -1.89. The predicted molar refractivity (Wildman–Crippen MR) is 64.6 cm³/mol. The summed E-state index contributed by atoms with van der Waals surface area (Å²) >= 11 is 0. The zero-order valence-corrected chi connectivity index (χ0v) is 10.0. The Morgan fingerprint density at radius 2 is 2.17 bits per heavy atom. The Hall–Kier alpha value is -2.15. The molecule has 7 heteroatoms. The molecule has 0 aliphatic heterocycles. The molecule has 0 saturated heterocycles. The molecule has 0 radical (unpaired) electrons. The Balaban J connectivity index is 2.79. The van der Waals surface area contributed by atoms with Gasteiger partial charge in [-0.3, -0.25) is 10.1 Å². The van der Waals surface area contributed by atoms with E-state index in [4.69, 9.17) is 5.11 Å². The summed E-state index contributed by atoms with van der Waals surface area (Å²) in [4.78, 5) is 20.8. The van der Waals surface area contributed by atoms with E-state index in [2.05, 4.69) is 5.32 Å². The number of aliphatic carboxylic acids is 1. The quantitative estimate of drug-likeness (QED) is 0.536. The number of benzene rings is 1. The number of hydrogen-bond donors (Lipinski definition) is 3. The van der Waals surface area contributed by atoms with Gasteiger partial charge in [-0.15, -0.1) is 0 Å². The second-order valence-electron chi connectivity index (χ2n) is 4.19. The highest BCUT2D eigenvalue weighted by Crippen LogP contribution is 2.21. The van der Waals surface area contributed by atoms with Gasteiger partial charge in [-0.2, -0.15) is 0 Å². The molecule has 0 amide bonds. The van der Waals surface area contributed by atoms with Crippen LogP contribution < -0.4 is 5.32 Å². The van der Waals surface area contributed by atoms with Crippen LogP contribution in [0.5, 0.6) is 0 Å². The van der Waals surface area contributed by atoms with Crippen molar-refractivity contribution in [3.05, 3.63) is 33.9 Å². The second-order valence-corrected chi connectivity index (χ2v) is 4.19. The van der Waals surface area contributed by atoms with Gasteiger partial charge in [-0.05, 0) is 26.0 Å². The molecule has 0 aromatic heterocycles. The van der Waals surface area contributed by atoms with Crippen molar-refractivity contribution in [2.45, 2.75) is 19.4 Å². The molecule has 0 saturated carbocycles. The summed E-state index contributed by atoms with van der Waals surface area (Å²) in [5.74, 6) is -1.34. The lowest BCUT2D eigenvalue weighted by molar-refractivity contribution is -0.385. The molecule has 1 atom stereocenters.